The summed E-state index contributed by atoms with van der Waals surface area (Å²) < 4.78 is 11.1. The van der Waals surface area contributed by atoms with E-state index in [4.69, 9.17) is 9.47 Å². The van der Waals surface area contributed by atoms with Crippen LogP contribution in [0.4, 0.5) is 0 Å². The molecule has 4 nitrogen and oxygen atoms in total. The molecular formula is C33H28O4. The second-order valence-electron chi connectivity index (χ2n) is 9.11. The normalized spacial score (nSPS) is 10.9. The first kappa shape index (κ1) is 25.4. The van der Waals surface area contributed by atoms with E-state index in [1.54, 1.807) is 60.7 Å². The Kier molecular flexibility index (Phi) is 7.49. The fourth-order valence-electron chi connectivity index (χ4n) is 3.89. The molecule has 0 aliphatic rings. The highest BCUT2D eigenvalue weighted by atomic mass is 16.5. The third-order valence-electron chi connectivity index (χ3n) is 6.34. The van der Waals surface area contributed by atoms with Crippen molar-refractivity contribution in [2.24, 2.45) is 0 Å². The number of carbonyl (C=O) groups excluding carboxylic acids is 2. The summed E-state index contributed by atoms with van der Waals surface area (Å²) >= 11 is 0. The van der Waals surface area contributed by atoms with E-state index in [-0.39, 0.29) is 5.41 Å². The number of carbonyl (C=O) groups is 2. The zero-order valence-corrected chi connectivity index (χ0v) is 20.9. The summed E-state index contributed by atoms with van der Waals surface area (Å²) in [5.41, 5.74) is 4.60. The number of esters is 2. The highest BCUT2D eigenvalue weighted by molar-refractivity contribution is 5.91. The summed E-state index contributed by atoms with van der Waals surface area (Å²) in [4.78, 5) is 24.9. The van der Waals surface area contributed by atoms with E-state index in [9.17, 15) is 9.59 Å². The lowest BCUT2D eigenvalue weighted by Gasteiger charge is -2.26. The van der Waals surface area contributed by atoms with Crippen LogP contribution in [-0.2, 0) is 5.41 Å². The zero-order chi connectivity index (χ0) is 26.4. The topological polar surface area (TPSA) is 52.6 Å². The van der Waals surface area contributed by atoms with Crippen molar-refractivity contribution < 1.29 is 19.1 Å². The minimum absolute atomic E-state index is 0.327. The molecule has 4 rings (SSSR count). The Morgan fingerprint density at radius 1 is 0.568 bits per heavy atom. The zero-order valence-electron chi connectivity index (χ0n) is 20.9. The van der Waals surface area contributed by atoms with Gasteiger partial charge in [0.05, 0.1) is 11.1 Å². The molecule has 0 saturated carbocycles. The second kappa shape index (κ2) is 10.9. The summed E-state index contributed by atoms with van der Waals surface area (Å²) in [7, 11) is 0. The lowest BCUT2D eigenvalue weighted by atomic mass is 9.78. The second-order valence-corrected chi connectivity index (χ2v) is 9.11. The minimum atomic E-state index is -0.413. The standard InChI is InChI=1S/C33H28O4/c1-5-23-7-11-25(12-8-23)31(34)36-29-19-15-27(16-20-29)33(3,4)28-17-21-30(22-18-28)37-32(35)26-13-9-24(6-2)10-14-26/h5-22H,1-2H2,3-4H3. The van der Waals surface area contributed by atoms with E-state index in [1.807, 2.05) is 48.5 Å². The lowest BCUT2D eigenvalue weighted by Crippen LogP contribution is -2.19. The summed E-state index contributed by atoms with van der Waals surface area (Å²) in [5.74, 6) is 0.121. The highest BCUT2D eigenvalue weighted by Gasteiger charge is 2.23. The fourth-order valence-corrected chi connectivity index (χ4v) is 3.89. The molecule has 0 atom stereocenters. The van der Waals surface area contributed by atoms with Gasteiger partial charge in [0.1, 0.15) is 11.5 Å². The summed E-state index contributed by atoms with van der Waals surface area (Å²) in [5, 5.41) is 0. The molecule has 0 heterocycles. The van der Waals surface area contributed by atoms with Gasteiger partial charge in [-0.3, -0.25) is 0 Å². The largest absolute Gasteiger partial charge is 0.423 e. The summed E-state index contributed by atoms with van der Waals surface area (Å²) in [6, 6.07) is 29.1. The Hall–Kier alpha value is -4.70. The molecule has 0 bridgehead atoms. The van der Waals surface area contributed by atoms with E-state index >= 15 is 0 Å². The van der Waals surface area contributed by atoms with Gasteiger partial charge < -0.3 is 9.47 Å². The SMILES string of the molecule is C=Cc1ccc(C(=O)Oc2ccc(C(C)(C)c3ccc(OC(=O)c4ccc(C=C)cc4)cc3)cc2)cc1. The Labute approximate surface area is 217 Å². The van der Waals surface area contributed by atoms with Crippen molar-refractivity contribution in [3.63, 3.8) is 0 Å². The third-order valence-corrected chi connectivity index (χ3v) is 6.34. The molecule has 0 saturated heterocycles. The van der Waals surface area contributed by atoms with E-state index in [0.717, 1.165) is 22.3 Å². The predicted octanol–water partition coefficient (Wildman–Crippen LogP) is 7.74. The Bertz CT molecular complexity index is 1300. The molecule has 4 aromatic rings. The first-order valence-corrected chi connectivity index (χ1v) is 11.9. The molecule has 0 fully saturated rings. The van der Waals surface area contributed by atoms with Crippen molar-refractivity contribution in [3.8, 4) is 11.5 Å². The van der Waals surface area contributed by atoms with Gasteiger partial charge >= 0.3 is 11.9 Å². The molecule has 4 aromatic carbocycles. The van der Waals surface area contributed by atoms with Crippen LogP contribution in [0.3, 0.4) is 0 Å². The van der Waals surface area contributed by atoms with Crippen molar-refractivity contribution in [3.05, 3.63) is 144 Å². The quantitative estimate of drug-likeness (QED) is 0.188. The van der Waals surface area contributed by atoms with Gasteiger partial charge in [-0.25, -0.2) is 9.59 Å². The van der Waals surface area contributed by atoms with Gasteiger partial charge in [0.25, 0.3) is 0 Å². The number of rotatable bonds is 8. The Morgan fingerprint density at radius 3 is 1.19 bits per heavy atom. The van der Waals surface area contributed by atoms with Crippen LogP contribution < -0.4 is 9.47 Å². The maximum atomic E-state index is 12.5. The number of benzene rings is 4. The molecule has 0 N–H and O–H groups in total. The fraction of sp³-hybridized carbons (Fsp3) is 0.0909. The summed E-state index contributed by atoms with van der Waals surface area (Å²) in [6.07, 6.45) is 3.44. The van der Waals surface area contributed by atoms with Crippen LogP contribution in [-0.4, -0.2) is 11.9 Å². The maximum Gasteiger partial charge on any atom is 0.343 e. The van der Waals surface area contributed by atoms with Crippen molar-refractivity contribution in [2.75, 3.05) is 0 Å². The maximum absolute atomic E-state index is 12.5. The molecule has 0 amide bonds. The molecule has 0 aliphatic carbocycles. The molecule has 0 spiro atoms. The van der Waals surface area contributed by atoms with E-state index < -0.39 is 11.9 Å². The smallest absolute Gasteiger partial charge is 0.343 e. The van der Waals surface area contributed by atoms with E-state index in [2.05, 4.69) is 27.0 Å². The highest BCUT2D eigenvalue weighted by Crippen LogP contribution is 2.33. The molecule has 0 aromatic heterocycles. The molecule has 37 heavy (non-hydrogen) atoms. The van der Waals surface area contributed by atoms with E-state index in [1.165, 1.54) is 0 Å². The molecule has 0 unspecified atom stereocenters. The molecule has 0 radical (unpaired) electrons. The number of hydrogen-bond acceptors (Lipinski definition) is 4. The molecule has 0 aliphatic heterocycles. The van der Waals surface area contributed by atoms with Gasteiger partial charge in [-0.15, -0.1) is 0 Å². The average molecular weight is 489 g/mol. The van der Waals surface area contributed by atoms with E-state index in [0.29, 0.717) is 22.6 Å². The molecule has 4 heteroatoms. The van der Waals surface area contributed by atoms with Crippen LogP contribution in [0.25, 0.3) is 12.2 Å². The van der Waals surface area contributed by atoms with Crippen LogP contribution in [0.15, 0.2) is 110 Å². The van der Waals surface area contributed by atoms with Crippen molar-refractivity contribution >= 4 is 24.1 Å². The predicted molar refractivity (Wildman–Crippen MR) is 148 cm³/mol. The third kappa shape index (κ3) is 5.93. The van der Waals surface area contributed by atoms with Gasteiger partial charge in [-0.2, -0.15) is 0 Å². The average Bonchev–Trinajstić information content (AvgIpc) is 2.93. The minimum Gasteiger partial charge on any atom is -0.423 e. The lowest BCUT2D eigenvalue weighted by molar-refractivity contribution is 0.0725. The van der Waals surface area contributed by atoms with Gasteiger partial charge in [-0.1, -0.05) is 87.7 Å². The monoisotopic (exact) mass is 488 g/mol. The molecule has 184 valence electrons. The molecular weight excluding hydrogens is 460 g/mol. The number of ether oxygens (including phenoxy) is 2. The van der Waals surface area contributed by atoms with Crippen LogP contribution in [0.5, 0.6) is 11.5 Å². The van der Waals surface area contributed by atoms with Crippen molar-refractivity contribution in [1.29, 1.82) is 0 Å². The Balaban J connectivity index is 1.41. The number of hydrogen-bond donors (Lipinski definition) is 0. The van der Waals surface area contributed by atoms with Crippen LogP contribution in [0, 0.1) is 0 Å². The first-order chi connectivity index (χ1) is 17.8. The van der Waals surface area contributed by atoms with Gasteiger partial charge in [0.2, 0.25) is 0 Å². The van der Waals surface area contributed by atoms with Gasteiger partial charge in [-0.05, 0) is 70.8 Å². The van der Waals surface area contributed by atoms with Crippen molar-refractivity contribution in [1.82, 2.24) is 0 Å². The van der Waals surface area contributed by atoms with Crippen LogP contribution >= 0.6 is 0 Å². The summed E-state index contributed by atoms with van der Waals surface area (Å²) in [6.45, 7) is 11.6. The first-order valence-electron chi connectivity index (χ1n) is 11.9. The van der Waals surface area contributed by atoms with Crippen LogP contribution in [0.1, 0.15) is 56.8 Å². The van der Waals surface area contributed by atoms with Crippen LogP contribution in [0.2, 0.25) is 0 Å². The Morgan fingerprint density at radius 2 is 0.892 bits per heavy atom. The van der Waals surface area contributed by atoms with Gasteiger partial charge in [0, 0.05) is 5.41 Å². The van der Waals surface area contributed by atoms with Gasteiger partial charge in [0.15, 0.2) is 0 Å². The van der Waals surface area contributed by atoms with Crippen molar-refractivity contribution in [2.45, 2.75) is 19.3 Å².